The molecule has 0 aliphatic carbocycles. The van der Waals surface area contributed by atoms with Gasteiger partial charge in [-0.25, -0.2) is 14.1 Å². The van der Waals surface area contributed by atoms with Gasteiger partial charge in [-0.05, 0) is 45.0 Å². The number of nitrogens with two attached hydrogens (primary N) is 1. The van der Waals surface area contributed by atoms with Gasteiger partial charge < -0.3 is 11.1 Å². The Bertz CT molecular complexity index is 870. The highest BCUT2D eigenvalue weighted by Crippen LogP contribution is 2.19. The molecule has 0 spiro atoms. The highest BCUT2D eigenvalue weighted by atomic mass is 19.1. The number of nitrogen functional groups attached to an aromatic ring is 1. The van der Waals surface area contributed by atoms with Crippen molar-refractivity contribution >= 4 is 11.8 Å². The SMILES string of the molecule is Cc1cnc(NCc2c(C)nn(-c3ccc(F)cc3)c2C)nc1N. The zero-order valence-corrected chi connectivity index (χ0v) is 13.8. The van der Waals surface area contributed by atoms with Gasteiger partial charge >= 0.3 is 0 Å². The highest BCUT2D eigenvalue weighted by molar-refractivity contribution is 5.43. The van der Waals surface area contributed by atoms with Crippen molar-refractivity contribution in [3.05, 3.63) is 58.8 Å². The summed E-state index contributed by atoms with van der Waals surface area (Å²) in [5.74, 6) is 0.672. The summed E-state index contributed by atoms with van der Waals surface area (Å²) < 4.78 is 14.9. The van der Waals surface area contributed by atoms with Crippen molar-refractivity contribution in [2.45, 2.75) is 27.3 Å². The van der Waals surface area contributed by atoms with E-state index in [1.165, 1.54) is 12.1 Å². The summed E-state index contributed by atoms with van der Waals surface area (Å²) in [5.41, 5.74) is 10.4. The topological polar surface area (TPSA) is 81.7 Å². The van der Waals surface area contributed by atoms with Crippen molar-refractivity contribution in [3.63, 3.8) is 0 Å². The molecule has 2 aromatic heterocycles. The fourth-order valence-corrected chi connectivity index (χ4v) is 2.47. The molecular weight excluding hydrogens is 307 g/mol. The monoisotopic (exact) mass is 326 g/mol. The minimum Gasteiger partial charge on any atom is -0.383 e. The molecule has 0 fully saturated rings. The van der Waals surface area contributed by atoms with Crippen molar-refractivity contribution in [3.8, 4) is 5.69 Å². The lowest BCUT2D eigenvalue weighted by atomic mass is 10.2. The van der Waals surface area contributed by atoms with Crippen LogP contribution in [0, 0.1) is 26.6 Å². The summed E-state index contributed by atoms with van der Waals surface area (Å²) in [7, 11) is 0. The van der Waals surface area contributed by atoms with Crippen LogP contribution in [-0.2, 0) is 6.54 Å². The lowest BCUT2D eigenvalue weighted by Gasteiger charge is -2.08. The Morgan fingerprint density at radius 3 is 2.54 bits per heavy atom. The van der Waals surface area contributed by atoms with Crippen molar-refractivity contribution < 1.29 is 4.39 Å². The van der Waals surface area contributed by atoms with E-state index in [1.54, 1.807) is 23.0 Å². The van der Waals surface area contributed by atoms with E-state index in [-0.39, 0.29) is 5.82 Å². The minimum atomic E-state index is -0.267. The molecule has 0 aliphatic rings. The van der Waals surface area contributed by atoms with Crippen LogP contribution in [0.3, 0.4) is 0 Å². The van der Waals surface area contributed by atoms with Gasteiger partial charge in [0.25, 0.3) is 0 Å². The molecule has 3 N–H and O–H groups in total. The molecule has 0 aliphatic heterocycles. The molecule has 0 atom stereocenters. The number of hydrogen-bond acceptors (Lipinski definition) is 5. The van der Waals surface area contributed by atoms with E-state index >= 15 is 0 Å². The van der Waals surface area contributed by atoms with E-state index < -0.39 is 0 Å². The Balaban J connectivity index is 1.83. The maximum atomic E-state index is 13.1. The zero-order chi connectivity index (χ0) is 17.3. The van der Waals surface area contributed by atoms with Crippen LogP contribution >= 0.6 is 0 Å². The van der Waals surface area contributed by atoms with Crippen LogP contribution in [0.4, 0.5) is 16.2 Å². The first-order chi connectivity index (χ1) is 11.5. The van der Waals surface area contributed by atoms with Gasteiger partial charge in [-0.15, -0.1) is 0 Å². The predicted octanol–water partition coefficient (Wildman–Crippen LogP) is 2.92. The summed E-state index contributed by atoms with van der Waals surface area (Å²) in [6, 6.07) is 6.25. The smallest absolute Gasteiger partial charge is 0.224 e. The highest BCUT2D eigenvalue weighted by Gasteiger charge is 2.13. The maximum absolute atomic E-state index is 13.1. The molecular formula is C17H19FN6. The van der Waals surface area contributed by atoms with Crippen molar-refractivity contribution in [2.24, 2.45) is 0 Å². The summed E-state index contributed by atoms with van der Waals surface area (Å²) in [4.78, 5) is 8.43. The summed E-state index contributed by atoms with van der Waals surface area (Å²) >= 11 is 0. The number of anilines is 2. The molecule has 0 bridgehead atoms. The molecule has 24 heavy (non-hydrogen) atoms. The van der Waals surface area contributed by atoms with E-state index in [4.69, 9.17) is 5.73 Å². The largest absolute Gasteiger partial charge is 0.383 e. The lowest BCUT2D eigenvalue weighted by Crippen LogP contribution is -2.07. The summed E-state index contributed by atoms with van der Waals surface area (Å²) in [6.07, 6.45) is 1.69. The average Bonchev–Trinajstić information content (AvgIpc) is 2.84. The van der Waals surface area contributed by atoms with Crippen LogP contribution < -0.4 is 11.1 Å². The first-order valence-electron chi connectivity index (χ1n) is 7.59. The van der Waals surface area contributed by atoms with Gasteiger partial charge in [0.1, 0.15) is 11.6 Å². The second kappa shape index (κ2) is 6.27. The molecule has 7 heteroatoms. The van der Waals surface area contributed by atoms with E-state index in [0.717, 1.165) is 28.2 Å². The standard InChI is InChI=1S/C17H19FN6/c1-10-8-20-17(22-16(10)19)21-9-15-11(2)23-24(12(15)3)14-6-4-13(18)5-7-14/h4-8H,9H2,1-3H3,(H3,19,20,21,22). The third kappa shape index (κ3) is 3.05. The van der Waals surface area contributed by atoms with Crippen LogP contribution in [0.1, 0.15) is 22.5 Å². The van der Waals surface area contributed by atoms with Gasteiger partial charge in [-0.1, -0.05) is 0 Å². The van der Waals surface area contributed by atoms with E-state index in [9.17, 15) is 4.39 Å². The molecule has 2 heterocycles. The Morgan fingerprint density at radius 2 is 1.88 bits per heavy atom. The fraction of sp³-hybridized carbons (Fsp3) is 0.235. The van der Waals surface area contributed by atoms with Gasteiger partial charge in [-0.3, -0.25) is 0 Å². The van der Waals surface area contributed by atoms with Crippen molar-refractivity contribution in [1.82, 2.24) is 19.7 Å². The quantitative estimate of drug-likeness (QED) is 0.770. The number of halogens is 1. The van der Waals surface area contributed by atoms with Crippen molar-refractivity contribution in [2.75, 3.05) is 11.1 Å². The second-order valence-electron chi connectivity index (χ2n) is 5.65. The number of benzene rings is 1. The first-order valence-corrected chi connectivity index (χ1v) is 7.59. The molecule has 3 rings (SSSR count). The predicted molar refractivity (Wildman–Crippen MR) is 91.5 cm³/mol. The van der Waals surface area contributed by atoms with E-state index in [2.05, 4.69) is 20.4 Å². The molecule has 6 nitrogen and oxygen atoms in total. The molecule has 0 saturated carbocycles. The number of rotatable bonds is 4. The van der Waals surface area contributed by atoms with Crippen LogP contribution in [0.15, 0.2) is 30.5 Å². The molecule has 3 aromatic rings. The summed E-state index contributed by atoms with van der Waals surface area (Å²) in [6.45, 7) is 6.31. The molecule has 124 valence electrons. The Kier molecular flexibility index (Phi) is 4.16. The lowest BCUT2D eigenvalue weighted by molar-refractivity contribution is 0.627. The molecule has 0 saturated heterocycles. The Labute approximate surface area is 139 Å². The van der Waals surface area contributed by atoms with Crippen LogP contribution in [0.2, 0.25) is 0 Å². The molecule has 0 unspecified atom stereocenters. The number of nitrogens with one attached hydrogen (secondary N) is 1. The Morgan fingerprint density at radius 1 is 1.17 bits per heavy atom. The third-order valence-corrected chi connectivity index (χ3v) is 3.95. The average molecular weight is 326 g/mol. The van der Waals surface area contributed by atoms with Gasteiger partial charge in [-0.2, -0.15) is 10.1 Å². The second-order valence-corrected chi connectivity index (χ2v) is 5.65. The van der Waals surface area contributed by atoms with Crippen LogP contribution in [0.5, 0.6) is 0 Å². The maximum Gasteiger partial charge on any atom is 0.224 e. The number of hydrogen-bond donors (Lipinski definition) is 2. The minimum absolute atomic E-state index is 0.267. The van der Waals surface area contributed by atoms with Gasteiger partial charge in [0.05, 0.1) is 11.4 Å². The van der Waals surface area contributed by atoms with Crippen LogP contribution in [-0.4, -0.2) is 19.7 Å². The fourth-order valence-electron chi connectivity index (χ4n) is 2.47. The van der Waals surface area contributed by atoms with E-state index in [1.807, 2.05) is 20.8 Å². The third-order valence-electron chi connectivity index (χ3n) is 3.95. The normalized spacial score (nSPS) is 10.8. The molecule has 0 amide bonds. The number of aryl methyl sites for hydroxylation is 2. The van der Waals surface area contributed by atoms with Crippen molar-refractivity contribution in [1.29, 1.82) is 0 Å². The van der Waals surface area contributed by atoms with Gasteiger partial charge in [0.2, 0.25) is 5.95 Å². The molecule has 0 radical (unpaired) electrons. The first kappa shape index (κ1) is 15.9. The number of nitrogens with zero attached hydrogens (tertiary/aromatic N) is 4. The zero-order valence-electron chi connectivity index (χ0n) is 13.8. The van der Waals surface area contributed by atoms with Gasteiger partial charge in [0, 0.05) is 29.6 Å². The summed E-state index contributed by atoms with van der Waals surface area (Å²) in [5, 5.41) is 7.71. The van der Waals surface area contributed by atoms with Gasteiger partial charge in [0.15, 0.2) is 0 Å². The van der Waals surface area contributed by atoms with Crippen LogP contribution in [0.25, 0.3) is 5.69 Å². The Hall–Kier alpha value is -2.96. The van der Waals surface area contributed by atoms with E-state index in [0.29, 0.717) is 18.3 Å². The number of aromatic nitrogens is 4. The molecule has 1 aromatic carbocycles.